The van der Waals surface area contributed by atoms with E-state index in [1.165, 1.54) is 30.6 Å². The van der Waals surface area contributed by atoms with Crippen molar-refractivity contribution in [3.05, 3.63) is 71.7 Å². The molecule has 1 N–H and O–H groups in total. The molecule has 1 aliphatic heterocycles. The second kappa shape index (κ2) is 9.11. The number of alkyl halides is 3. The molecule has 0 bridgehead atoms. The summed E-state index contributed by atoms with van der Waals surface area (Å²) in [7, 11) is 0. The van der Waals surface area contributed by atoms with Crippen LogP contribution in [0.5, 0.6) is 0 Å². The van der Waals surface area contributed by atoms with E-state index in [4.69, 9.17) is 0 Å². The molecule has 1 spiro atoms. The van der Waals surface area contributed by atoms with Crippen LogP contribution in [0.3, 0.4) is 0 Å². The maximum absolute atomic E-state index is 14.2. The summed E-state index contributed by atoms with van der Waals surface area (Å²) in [6.45, 7) is 0.715. The number of halogens is 5. The van der Waals surface area contributed by atoms with Crippen LogP contribution in [0.4, 0.5) is 27.8 Å². The molecule has 2 aliphatic rings. The third kappa shape index (κ3) is 4.87. The van der Waals surface area contributed by atoms with Gasteiger partial charge in [0.05, 0.1) is 11.1 Å². The van der Waals surface area contributed by atoms with Crippen molar-refractivity contribution in [2.24, 2.45) is 5.41 Å². The van der Waals surface area contributed by atoms with Gasteiger partial charge in [0.15, 0.2) is 17.5 Å². The summed E-state index contributed by atoms with van der Waals surface area (Å²) >= 11 is 0. The second-order valence-corrected chi connectivity index (χ2v) is 9.32. The Morgan fingerprint density at radius 2 is 1.86 bits per heavy atom. The number of pyridine rings is 1. The van der Waals surface area contributed by atoms with Gasteiger partial charge < -0.3 is 10.2 Å². The first kappa shape index (κ1) is 24.1. The first-order valence-corrected chi connectivity index (χ1v) is 11.5. The van der Waals surface area contributed by atoms with Crippen molar-refractivity contribution in [1.29, 1.82) is 0 Å². The molecule has 5 rings (SSSR count). The monoisotopic (exact) mass is 503 g/mol. The minimum Gasteiger partial charge on any atom is -0.368 e. The smallest absolute Gasteiger partial charge is 0.368 e. The summed E-state index contributed by atoms with van der Waals surface area (Å²) in [6, 6.07) is 5.75. The molecular weight excluding hydrogens is 481 g/mol. The predicted molar refractivity (Wildman–Crippen MR) is 121 cm³/mol. The zero-order valence-electron chi connectivity index (χ0n) is 19.0. The summed E-state index contributed by atoms with van der Waals surface area (Å²) in [4.78, 5) is 27.3. The third-order valence-electron chi connectivity index (χ3n) is 6.79. The van der Waals surface area contributed by atoms with Crippen LogP contribution in [0.25, 0.3) is 11.4 Å². The van der Waals surface area contributed by atoms with E-state index in [0.717, 1.165) is 19.3 Å². The molecule has 2 fully saturated rings. The largest absolute Gasteiger partial charge is 0.417 e. The molecule has 188 valence electrons. The summed E-state index contributed by atoms with van der Waals surface area (Å²) in [5, 5.41) is 2.74. The molecule has 2 aromatic heterocycles. The van der Waals surface area contributed by atoms with Crippen LogP contribution in [0, 0.1) is 17.0 Å². The lowest BCUT2D eigenvalue weighted by atomic mass is 10.0. The number of benzene rings is 1. The zero-order chi connectivity index (χ0) is 25.5. The van der Waals surface area contributed by atoms with E-state index in [1.807, 2.05) is 0 Å². The van der Waals surface area contributed by atoms with E-state index in [0.29, 0.717) is 36.6 Å². The predicted octanol–water partition coefficient (Wildman–Crippen LogP) is 5.33. The Kier molecular flexibility index (Phi) is 6.09. The molecule has 36 heavy (non-hydrogen) atoms. The number of hydrogen-bond donors (Lipinski definition) is 1. The Balaban J connectivity index is 1.33. The number of carbonyl (C=O) groups is 1. The quantitative estimate of drug-likeness (QED) is 0.461. The lowest BCUT2D eigenvalue weighted by Crippen LogP contribution is -2.37. The molecule has 1 aliphatic carbocycles. The van der Waals surface area contributed by atoms with Crippen LogP contribution >= 0.6 is 0 Å². The molecule has 1 atom stereocenters. The van der Waals surface area contributed by atoms with Gasteiger partial charge in [0.25, 0.3) is 5.91 Å². The fourth-order valence-electron chi connectivity index (χ4n) is 4.76. The van der Waals surface area contributed by atoms with E-state index in [-0.39, 0.29) is 35.3 Å². The molecule has 0 unspecified atom stereocenters. The summed E-state index contributed by atoms with van der Waals surface area (Å²) < 4.78 is 66.6. The Morgan fingerprint density at radius 3 is 2.53 bits per heavy atom. The number of likely N-dealkylation sites (tertiary alicyclic amines) is 1. The van der Waals surface area contributed by atoms with Gasteiger partial charge in [-0.05, 0) is 61.4 Å². The average Bonchev–Trinajstić information content (AvgIpc) is 3.51. The Bertz CT molecular complexity index is 1280. The third-order valence-corrected chi connectivity index (χ3v) is 6.79. The van der Waals surface area contributed by atoms with E-state index in [1.54, 1.807) is 11.0 Å². The number of hydrogen-bond acceptors (Lipinski definition) is 5. The van der Waals surface area contributed by atoms with Crippen LogP contribution in [0.2, 0.25) is 0 Å². The number of aromatic nitrogens is 3. The highest BCUT2D eigenvalue weighted by molar-refractivity contribution is 6.00. The number of carbonyl (C=O) groups excluding carboxylic acids is 1. The van der Waals surface area contributed by atoms with Crippen molar-refractivity contribution in [3.63, 3.8) is 0 Å². The van der Waals surface area contributed by atoms with Crippen LogP contribution in [0.1, 0.15) is 41.6 Å². The highest BCUT2D eigenvalue weighted by Crippen LogP contribution is 2.55. The Hall–Kier alpha value is -3.63. The van der Waals surface area contributed by atoms with Crippen LogP contribution in [-0.2, 0) is 6.18 Å². The van der Waals surface area contributed by atoms with Crippen molar-refractivity contribution < 1.29 is 26.7 Å². The molecule has 1 saturated heterocycles. The first-order valence-electron chi connectivity index (χ1n) is 11.5. The van der Waals surface area contributed by atoms with Gasteiger partial charge in [-0.15, -0.1) is 0 Å². The summed E-state index contributed by atoms with van der Waals surface area (Å²) in [6.07, 6.45) is 2.10. The maximum Gasteiger partial charge on any atom is 0.417 e. The van der Waals surface area contributed by atoms with Gasteiger partial charge >= 0.3 is 6.18 Å². The van der Waals surface area contributed by atoms with Gasteiger partial charge in [0, 0.05) is 43.3 Å². The Labute approximate surface area is 203 Å². The van der Waals surface area contributed by atoms with Crippen molar-refractivity contribution in [2.75, 3.05) is 18.4 Å². The van der Waals surface area contributed by atoms with Crippen LogP contribution in [-0.4, -0.2) is 44.9 Å². The fraction of sp³-hybridized carbons (Fsp3) is 0.360. The van der Waals surface area contributed by atoms with Gasteiger partial charge in [0.2, 0.25) is 0 Å². The van der Waals surface area contributed by atoms with Gasteiger partial charge in [-0.3, -0.25) is 4.79 Å². The van der Waals surface area contributed by atoms with E-state index >= 15 is 0 Å². The standard InChI is InChI=1S/C25H22F5N5O/c26-16-2-3-18(21-31-7-1-8-32-21)19(11-16)23(36)35-14-24(5-6-24)12-17(35)4-9-33-22-20(27)10-15(13-34-22)25(28,29)30/h1-3,7-8,10-11,13,17H,4-6,9,12,14H2,(H,33,34)/t17-/m1/s1. The maximum atomic E-state index is 14.2. The molecular formula is C25H22F5N5O. The van der Waals surface area contributed by atoms with Gasteiger partial charge in [-0.25, -0.2) is 23.7 Å². The lowest BCUT2D eigenvalue weighted by molar-refractivity contribution is -0.138. The first-order chi connectivity index (χ1) is 17.2. The summed E-state index contributed by atoms with van der Waals surface area (Å²) in [5.41, 5.74) is -0.560. The van der Waals surface area contributed by atoms with E-state index in [9.17, 15) is 26.7 Å². The van der Waals surface area contributed by atoms with E-state index < -0.39 is 23.4 Å². The van der Waals surface area contributed by atoms with Gasteiger partial charge in [-0.1, -0.05) is 0 Å². The fourth-order valence-corrected chi connectivity index (χ4v) is 4.76. The highest BCUT2D eigenvalue weighted by Gasteiger charge is 2.53. The molecule has 1 aromatic carbocycles. The SMILES string of the molecule is O=C(c1cc(F)ccc1-c1ncccn1)N1CC2(CC2)C[C@H]1CCNc1ncc(C(F)(F)F)cc1F. The molecule has 3 heterocycles. The number of nitrogens with one attached hydrogen (secondary N) is 1. The highest BCUT2D eigenvalue weighted by atomic mass is 19.4. The lowest BCUT2D eigenvalue weighted by Gasteiger charge is -2.26. The van der Waals surface area contributed by atoms with Crippen molar-refractivity contribution in [1.82, 2.24) is 19.9 Å². The number of anilines is 1. The summed E-state index contributed by atoms with van der Waals surface area (Å²) in [5.74, 6) is -1.97. The van der Waals surface area contributed by atoms with Crippen LogP contribution in [0.15, 0.2) is 48.9 Å². The van der Waals surface area contributed by atoms with Crippen molar-refractivity contribution in [3.8, 4) is 11.4 Å². The molecule has 6 nitrogen and oxygen atoms in total. The van der Waals surface area contributed by atoms with Gasteiger partial charge in [-0.2, -0.15) is 13.2 Å². The molecule has 3 aromatic rings. The number of amides is 1. The zero-order valence-corrected chi connectivity index (χ0v) is 19.0. The molecule has 1 saturated carbocycles. The van der Waals surface area contributed by atoms with Crippen LogP contribution < -0.4 is 5.32 Å². The van der Waals surface area contributed by atoms with Crippen molar-refractivity contribution >= 4 is 11.7 Å². The van der Waals surface area contributed by atoms with Gasteiger partial charge in [0.1, 0.15) is 5.82 Å². The molecule has 0 radical (unpaired) electrons. The van der Waals surface area contributed by atoms with E-state index in [2.05, 4.69) is 20.3 Å². The second-order valence-electron chi connectivity index (χ2n) is 9.32. The Morgan fingerprint density at radius 1 is 1.11 bits per heavy atom. The minimum absolute atomic E-state index is 0.0227. The average molecular weight is 503 g/mol. The number of rotatable bonds is 6. The molecule has 1 amide bonds. The molecule has 11 heteroatoms. The van der Waals surface area contributed by atoms with Crippen molar-refractivity contribution in [2.45, 2.75) is 37.9 Å². The topological polar surface area (TPSA) is 71.0 Å². The normalized spacial score (nSPS) is 18.5. The number of nitrogens with zero attached hydrogens (tertiary/aromatic N) is 4. The minimum atomic E-state index is -4.68.